The van der Waals surface area contributed by atoms with Gasteiger partial charge in [-0.05, 0) is 30.9 Å². The number of rotatable bonds is 2. The van der Waals surface area contributed by atoms with Crippen molar-refractivity contribution in [3.63, 3.8) is 0 Å². The number of para-hydroxylation sites is 1. The van der Waals surface area contributed by atoms with Crippen LogP contribution < -0.4 is 4.90 Å². The summed E-state index contributed by atoms with van der Waals surface area (Å²) in [6, 6.07) is 8.64. The van der Waals surface area contributed by atoms with Crippen LogP contribution in [0, 0.1) is 5.92 Å². The number of fused-ring (bicyclic) bond motifs is 2. The molecule has 5 heteroatoms. The SMILES string of the molecule is OC[C@H]1CC[C@H]2CN(c3noc4ccccc34)CCN2C1. The van der Waals surface area contributed by atoms with E-state index < -0.39 is 0 Å². The quantitative estimate of drug-likeness (QED) is 0.911. The highest BCUT2D eigenvalue weighted by molar-refractivity contribution is 5.88. The molecule has 0 aliphatic carbocycles. The van der Waals surface area contributed by atoms with Crippen molar-refractivity contribution in [1.82, 2.24) is 10.1 Å². The summed E-state index contributed by atoms with van der Waals surface area (Å²) < 4.78 is 5.43. The number of hydrogen-bond donors (Lipinski definition) is 1. The van der Waals surface area contributed by atoms with Gasteiger partial charge in [0.1, 0.15) is 0 Å². The Morgan fingerprint density at radius 2 is 2.10 bits per heavy atom. The molecule has 21 heavy (non-hydrogen) atoms. The molecule has 2 saturated heterocycles. The molecule has 0 radical (unpaired) electrons. The van der Waals surface area contributed by atoms with E-state index in [9.17, 15) is 5.11 Å². The second kappa shape index (κ2) is 5.31. The van der Waals surface area contributed by atoms with Crippen LogP contribution in [0.25, 0.3) is 11.0 Å². The van der Waals surface area contributed by atoms with Crippen LogP contribution in [0.1, 0.15) is 12.8 Å². The smallest absolute Gasteiger partial charge is 0.180 e. The zero-order valence-corrected chi connectivity index (χ0v) is 12.1. The van der Waals surface area contributed by atoms with Crippen molar-refractivity contribution >= 4 is 16.8 Å². The van der Waals surface area contributed by atoms with Crippen LogP contribution in [-0.2, 0) is 0 Å². The minimum Gasteiger partial charge on any atom is -0.396 e. The van der Waals surface area contributed by atoms with Gasteiger partial charge in [0.05, 0.1) is 5.39 Å². The Morgan fingerprint density at radius 3 is 3.00 bits per heavy atom. The van der Waals surface area contributed by atoms with Gasteiger partial charge in [0.25, 0.3) is 0 Å². The largest absolute Gasteiger partial charge is 0.396 e. The highest BCUT2D eigenvalue weighted by Gasteiger charge is 2.33. The summed E-state index contributed by atoms with van der Waals surface area (Å²) in [6.07, 6.45) is 2.29. The molecule has 3 heterocycles. The normalized spacial score (nSPS) is 27.0. The lowest BCUT2D eigenvalue weighted by Gasteiger charge is -2.46. The Bertz CT molecular complexity index is 627. The molecule has 2 aliphatic heterocycles. The Kier molecular flexibility index (Phi) is 3.31. The van der Waals surface area contributed by atoms with E-state index >= 15 is 0 Å². The lowest BCUT2D eigenvalue weighted by Crippen LogP contribution is -2.57. The zero-order valence-electron chi connectivity index (χ0n) is 12.1. The zero-order chi connectivity index (χ0) is 14.2. The van der Waals surface area contributed by atoms with E-state index in [1.165, 1.54) is 0 Å². The lowest BCUT2D eigenvalue weighted by atomic mass is 9.91. The van der Waals surface area contributed by atoms with Gasteiger partial charge in [-0.2, -0.15) is 0 Å². The minimum atomic E-state index is 0.320. The molecule has 112 valence electrons. The predicted octanol–water partition coefficient (Wildman–Crippen LogP) is 1.72. The summed E-state index contributed by atoms with van der Waals surface area (Å²) in [5, 5.41) is 14.7. The summed E-state index contributed by atoms with van der Waals surface area (Å²) in [4.78, 5) is 4.88. The molecule has 0 unspecified atom stereocenters. The minimum absolute atomic E-state index is 0.320. The van der Waals surface area contributed by atoms with Gasteiger partial charge in [-0.3, -0.25) is 4.90 Å². The van der Waals surface area contributed by atoms with E-state index in [1.54, 1.807) is 0 Å². The highest BCUT2D eigenvalue weighted by Crippen LogP contribution is 2.30. The molecule has 2 fully saturated rings. The summed E-state index contributed by atoms with van der Waals surface area (Å²) in [6.45, 7) is 4.39. The fourth-order valence-corrected chi connectivity index (χ4v) is 3.70. The van der Waals surface area contributed by atoms with E-state index in [0.29, 0.717) is 18.6 Å². The molecule has 2 aromatic rings. The average molecular weight is 287 g/mol. The molecule has 5 nitrogen and oxygen atoms in total. The summed E-state index contributed by atoms with van der Waals surface area (Å²) in [5.74, 6) is 1.44. The number of piperidine rings is 1. The monoisotopic (exact) mass is 287 g/mol. The van der Waals surface area contributed by atoms with Crippen LogP contribution in [0.2, 0.25) is 0 Å². The maximum absolute atomic E-state index is 9.34. The van der Waals surface area contributed by atoms with Crippen molar-refractivity contribution in [3.05, 3.63) is 24.3 Å². The molecule has 2 aliphatic rings. The Hall–Kier alpha value is -1.59. The van der Waals surface area contributed by atoms with Crippen molar-refractivity contribution in [2.24, 2.45) is 5.92 Å². The van der Waals surface area contributed by atoms with Crippen molar-refractivity contribution in [2.75, 3.05) is 37.7 Å². The van der Waals surface area contributed by atoms with Crippen LogP contribution in [0.4, 0.5) is 5.82 Å². The van der Waals surface area contributed by atoms with Gasteiger partial charge < -0.3 is 14.5 Å². The van der Waals surface area contributed by atoms with Gasteiger partial charge >= 0.3 is 0 Å². The Morgan fingerprint density at radius 1 is 1.19 bits per heavy atom. The third-order valence-corrected chi connectivity index (χ3v) is 4.92. The number of hydrogen-bond acceptors (Lipinski definition) is 5. The standard InChI is InChI=1S/C16H21N3O2/c20-11-12-5-6-13-10-19(8-7-18(13)9-12)16-14-3-1-2-4-15(14)21-17-16/h1-4,12-13,20H,5-11H2/t12-,13-/m0/s1. The third kappa shape index (κ3) is 2.30. The van der Waals surface area contributed by atoms with Gasteiger partial charge in [0, 0.05) is 38.8 Å². The first-order valence-corrected chi connectivity index (χ1v) is 7.79. The van der Waals surface area contributed by atoms with Gasteiger partial charge in [0.2, 0.25) is 0 Å². The van der Waals surface area contributed by atoms with Gasteiger partial charge in [-0.15, -0.1) is 0 Å². The van der Waals surface area contributed by atoms with Crippen LogP contribution in [0.5, 0.6) is 0 Å². The van der Waals surface area contributed by atoms with Crippen LogP contribution >= 0.6 is 0 Å². The molecular weight excluding hydrogens is 266 g/mol. The van der Waals surface area contributed by atoms with Crippen LogP contribution in [0.3, 0.4) is 0 Å². The van der Waals surface area contributed by atoms with Gasteiger partial charge in [0.15, 0.2) is 11.4 Å². The van der Waals surface area contributed by atoms with Crippen LogP contribution in [0.15, 0.2) is 28.8 Å². The van der Waals surface area contributed by atoms with Crippen molar-refractivity contribution in [2.45, 2.75) is 18.9 Å². The number of aliphatic hydroxyl groups is 1. The molecule has 2 atom stereocenters. The molecule has 0 saturated carbocycles. The van der Waals surface area contributed by atoms with E-state index in [2.05, 4.69) is 21.0 Å². The van der Waals surface area contributed by atoms with Gasteiger partial charge in [-0.1, -0.05) is 17.3 Å². The average Bonchev–Trinajstić information content (AvgIpc) is 2.98. The molecule has 0 amide bonds. The second-order valence-corrected chi connectivity index (χ2v) is 6.22. The maximum atomic E-state index is 9.34. The molecule has 4 rings (SSSR count). The van der Waals surface area contributed by atoms with Crippen LogP contribution in [-0.4, -0.2) is 54.0 Å². The Labute approximate surface area is 124 Å². The summed E-state index contributed by atoms with van der Waals surface area (Å²) >= 11 is 0. The number of aliphatic hydroxyl groups excluding tert-OH is 1. The molecular formula is C16H21N3O2. The topological polar surface area (TPSA) is 52.7 Å². The van der Waals surface area contributed by atoms with E-state index in [4.69, 9.17) is 4.52 Å². The second-order valence-electron chi connectivity index (χ2n) is 6.22. The fraction of sp³-hybridized carbons (Fsp3) is 0.562. The fourth-order valence-electron chi connectivity index (χ4n) is 3.70. The molecule has 0 spiro atoms. The number of aromatic nitrogens is 1. The third-order valence-electron chi connectivity index (χ3n) is 4.92. The van der Waals surface area contributed by atoms with E-state index in [0.717, 1.165) is 55.8 Å². The number of piperazine rings is 1. The number of nitrogens with zero attached hydrogens (tertiary/aromatic N) is 3. The molecule has 1 aromatic carbocycles. The number of benzene rings is 1. The first-order chi connectivity index (χ1) is 10.3. The first-order valence-electron chi connectivity index (χ1n) is 7.79. The molecule has 0 bridgehead atoms. The van der Waals surface area contributed by atoms with E-state index in [1.807, 2.05) is 18.2 Å². The highest BCUT2D eigenvalue weighted by atomic mass is 16.5. The maximum Gasteiger partial charge on any atom is 0.180 e. The Balaban J connectivity index is 1.54. The first kappa shape index (κ1) is 13.1. The summed E-state index contributed by atoms with van der Waals surface area (Å²) in [7, 11) is 0. The number of anilines is 1. The van der Waals surface area contributed by atoms with Crippen molar-refractivity contribution in [1.29, 1.82) is 0 Å². The molecule has 1 aromatic heterocycles. The van der Waals surface area contributed by atoms with Crippen molar-refractivity contribution < 1.29 is 9.63 Å². The summed E-state index contributed by atoms with van der Waals surface area (Å²) in [5.41, 5.74) is 0.860. The van der Waals surface area contributed by atoms with Crippen molar-refractivity contribution in [3.8, 4) is 0 Å². The van der Waals surface area contributed by atoms with Gasteiger partial charge in [-0.25, -0.2) is 0 Å². The lowest BCUT2D eigenvalue weighted by molar-refractivity contribution is 0.0672. The predicted molar refractivity (Wildman–Crippen MR) is 81.4 cm³/mol. The molecule has 1 N–H and O–H groups in total. The van der Waals surface area contributed by atoms with E-state index in [-0.39, 0.29) is 0 Å².